The second-order valence-electron chi connectivity index (χ2n) is 7.28. The Balaban J connectivity index is 1.31. The lowest BCUT2D eigenvalue weighted by atomic mass is 10.1. The van der Waals surface area contributed by atoms with Crippen LogP contribution in [0.1, 0.15) is 10.4 Å². The smallest absolute Gasteiger partial charge is 0.255 e. The summed E-state index contributed by atoms with van der Waals surface area (Å²) in [6, 6.07) is 16.8. The first-order chi connectivity index (χ1) is 15.7. The van der Waals surface area contributed by atoms with Crippen molar-refractivity contribution in [1.82, 2.24) is 19.9 Å². The number of methoxy groups -OCH3 is 1. The molecular formula is C24H21N5O3. The number of carbonyl (C=O) groups is 1. The van der Waals surface area contributed by atoms with Gasteiger partial charge in [0.15, 0.2) is 0 Å². The molecule has 0 saturated heterocycles. The van der Waals surface area contributed by atoms with Crippen molar-refractivity contribution in [3.8, 4) is 17.1 Å². The molecule has 0 radical (unpaired) electrons. The van der Waals surface area contributed by atoms with Gasteiger partial charge in [-0.3, -0.25) is 4.79 Å². The monoisotopic (exact) mass is 427 g/mol. The largest absolute Gasteiger partial charge is 0.491 e. The van der Waals surface area contributed by atoms with Crippen molar-refractivity contribution in [2.75, 3.05) is 25.6 Å². The number of rotatable bonds is 7. The summed E-state index contributed by atoms with van der Waals surface area (Å²) in [6.45, 7) is 1.02. The first-order valence-corrected chi connectivity index (χ1v) is 10.2. The molecule has 0 aliphatic carbocycles. The zero-order chi connectivity index (χ0) is 21.9. The Labute approximate surface area is 183 Å². The number of ether oxygens (including phenoxy) is 2. The van der Waals surface area contributed by atoms with Crippen LogP contribution >= 0.6 is 0 Å². The third-order valence-corrected chi connectivity index (χ3v) is 5.09. The van der Waals surface area contributed by atoms with E-state index in [9.17, 15) is 4.79 Å². The minimum Gasteiger partial charge on any atom is -0.491 e. The van der Waals surface area contributed by atoms with Gasteiger partial charge in [0.05, 0.1) is 29.5 Å². The molecule has 32 heavy (non-hydrogen) atoms. The zero-order valence-electron chi connectivity index (χ0n) is 17.4. The maximum Gasteiger partial charge on any atom is 0.255 e. The van der Waals surface area contributed by atoms with Crippen molar-refractivity contribution < 1.29 is 14.3 Å². The van der Waals surface area contributed by atoms with E-state index in [4.69, 9.17) is 9.47 Å². The van der Waals surface area contributed by atoms with E-state index >= 15 is 0 Å². The maximum atomic E-state index is 12.6. The minimum atomic E-state index is -0.198. The predicted octanol–water partition coefficient (Wildman–Crippen LogP) is 4.38. The fourth-order valence-electron chi connectivity index (χ4n) is 3.45. The number of aromatic amines is 2. The molecule has 0 fully saturated rings. The van der Waals surface area contributed by atoms with E-state index < -0.39 is 0 Å². The minimum absolute atomic E-state index is 0.198. The fraction of sp³-hybridized carbons (Fsp3) is 0.125. The number of nitrogens with zero attached hydrogens (tertiary/aromatic N) is 2. The molecular weight excluding hydrogens is 406 g/mol. The van der Waals surface area contributed by atoms with Gasteiger partial charge in [-0.2, -0.15) is 0 Å². The molecule has 8 nitrogen and oxygen atoms in total. The summed E-state index contributed by atoms with van der Waals surface area (Å²) in [4.78, 5) is 27.9. The molecule has 3 N–H and O–H groups in total. The van der Waals surface area contributed by atoms with Crippen LogP contribution in [0.4, 0.5) is 5.69 Å². The Bertz CT molecular complexity index is 1390. The summed E-state index contributed by atoms with van der Waals surface area (Å²) in [7, 11) is 1.64. The topological polar surface area (TPSA) is 105 Å². The van der Waals surface area contributed by atoms with Gasteiger partial charge >= 0.3 is 0 Å². The lowest BCUT2D eigenvalue weighted by molar-refractivity contribution is 0.102. The molecule has 0 saturated carbocycles. The van der Waals surface area contributed by atoms with E-state index in [-0.39, 0.29) is 5.91 Å². The van der Waals surface area contributed by atoms with Crippen molar-refractivity contribution >= 4 is 33.7 Å². The molecule has 0 unspecified atom stereocenters. The summed E-state index contributed by atoms with van der Waals surface area (Å²) in [5, 5.41) is 3.83. The van der Waals surface area contributed by atoms with Crippen molar-refractivity contribution in [1.29, 1.82) is 0 Å². The standard InChI is InChI=1S/C24H21N5O3/c1-31-10-11-32-19-6-7-20-21(13-19)29-23(28-20)15-2-4-16(5-3-15)24(30)27-18-12-17-8-9-25-22(17)26-14-18/h2-9,12-14H,10-11H2,1H3,(H,25,26)(H,27,30)(H,28,29). The fourth-order valence-corrected chi connectivity index (χ4v) is 3.45. The quantitative estimate of drug-likeness (QED) is 0.334. The van der Waals surface area contributed by atoms with E-state index in [1.165, 1.54) is 0 Å². The van der Waals surface area contributed by atoms with Crippen LogP contribution in [-0.4, -0.2) is 46.2 Å². The van der Waals surface area contributed by atoms with Gasteiger partial charge in [0.25, 0.3) is 5.91 Å². The Morgan fingerprint density at radius 1 is 1.06 bits per heavy atom. The Morgan fingerprint density at radius 3 is 2.78 bits per heavy atom. The van der Waals surface area contributed by atoms with E-state index in [2.05, 4.69) is 25.3 Å². The van der Waals surface area contributed by atoms with Crippen molar-refractivity contribution in [3.63, 3.8) is 0 Å². The molecule has 0 bridgehead atoms. The number of imidazole rings is 1. The van der Waals surface area contributed by atoms with Gasteiger partial charge in [-0.25, -0.2) is 9.97 Å². The number of nitrogens with one attached hydrogen (secondary N) is 3. The summed E-state index contributed by atoms with van der Waals surface area (Å²) in [5.74, 6) is 1.28. The SMILES string of the molecule is COCCOc1ccc2nc(-c3ccc(C(=O)Nc4cnc5[nH]ccc5c4)cc3)[nH]c2c1. The van der Waals surface area contributed by atoms with Gasteiger partial charge in [0, 0.05) is 35.9 Å². The second kappa shape index (κ2) is 8.52. The van der Waals surface area contributed by atoms with E-state index in [1.807, 2.05) is 48.7 Å². The van der Waals surface area contributed by atoms with Crippen molar-refractivity contribution in [2.45, 2.75) is 0 Å². The number of carbonyl (C=O) groups excluding carboxylic acids is 1. The predicted molar refractivity (Wildman–Crippen MR) is 123 cm³/mol. The molecule has 5 rings (SSSR count). The number of H-pyrrole nitrogens is 2. The van der Waals surface area contributed by atoms with Crippen LogP contribution in [0.3, 0.4) is 0 Å². The number of benzene rings is 2. The molecule has 2 aromatic carbocycles. The molecule has 160 valence electrons. The number of aromatic nitrogens is 4. The molecule has 5 aromatic rings. The molecule has 3 aromatic heterocycles. The third-order valence-electron chi connectivity index (χ3n) is 5.09. The summed E-state index contributed by atoms with van der Waals surface area (Å²) in [6.07, 6.45) is 3.45. The summed E-state index contributed by atoms with van der Waals surface area (Å²) in [5.41, 5.74) is 4.58. The highest BCUT2D eigenvalue weighted by molar-refractivity contribution is 6.05. The van der Waals surface area contributed by atoms with Gasteiger partial charge in [0.1, 0.15) is 23.8 Å². The zero-order valence-corrected chi connectivity index (χ0v) is 17.4. The van der Waals surface area contributed by atoms with Gasteiger partial charge in [-0.15, -0.1) is 0 Å². The summed E-state index contributed by atoms with van der Waals surface area (Å²) < 4.78 is 10.7. The Morgan fingerprint density at radius 2 is 1.94 bits per heavy atom. The van der Waals surface area contributed by atoms with Crippen LogP contribution < -0.4 is 10.1 Å². The lowest BCUT2D eigenvalue weighted by Crippen LogP contribution is -2.11. The average molecular weight is 427 g/mol. The number of amides is 1. The van der Waals surface area contributed by atoms with Crippen LogP contribution in [0.15, 0.2) is 67.0 Å². The highest BCUT2D eigenvalue weighted by atomic mass is 16.5. The normalized spacial score (nSPS) is 11.2. The van der Waals surface area contributed by atoms with Crippen LogP contribution in [-0.2, 0) is 4.74 Å². The Kier molecular flexibility index (Phi) is 5.27. The van der Waals surface area contributed by atoms with E-state index in [0.717, 1.165) is 39.2 Å². The van der Waals surface area contributed by atoms with Crippen LogP contribution in [0.2, 0.25) is 0 Å². The Hall–Kier alpha value is -4.17. The van der Waals surface area contributed by atoms with E-state index in [1.54, 1.807) is 25.4 Å². The van der Waals surface area contributed by atoms with Gasteiger partial charge in [-0.1, -0.05) is 12.1 Å². The van der Waals surface area contributed by atoms with Crippen molar-refractivity contribution in [3.05, 3.63) is 72.6 Å². The molecule has 8 heteroatoms. The molecule has 0 aliphatic heterocycles. The lowest BCUT2D eigenvalue weighted by Gasteiger charge is -2.06. The van der Waals surface area contributed by atoms with Gasteiger partial charge in [0.2, 0.25) is 0 Å². The second-order valence-corrected chi connectivity index (χ2v) is 7.28. The highest BCUT2D eigenvalue weighted by Crippen LogP contribution is 2.24. The molecule has 0 spiro atoms. The number of pyridine rings is 1. The van der Waals surface area contributed by atoms with Crippen LogP contribution in [0.25, 0.3) is 33.5 Å². The third kappa shape index (κ3) is 4.03. The molecule has 1 amide bonds. The number of hydrogen-bond acceptors (Lipinski definition) is 5. The molecule has 3 heterocycles. The van der Waals surface area contributed by atoms with E-state index in [0.29, 0.717) is 24.5 Å². The molecule has 0 atom stereocenters. The van der Waals surface area contributed by atoms with Gasteiger partial charge < -0.3 is 24.8 Å². The first-order valence-electron chi connectivity index (χ1n) is 10.2. The van der Waals surface area contributed by atoms with Crippen LogP contribution in [0.5, 0.6) is 5.75 Å². The average Bonchev–Trinajstić information content (AvgIpc) is 3.45. The van der Waals surface area contributed by atoms with Crippen molar-refractivity contribution in [2.24, 2.45) is 0 Å². The highest BCUT2D eigenvalue weighted by Gasteiger charge is 2.10. The number of fused-ring (bicyclic) bond motifs is 2. The number of hydrogen-bond donors (Lipinski definition) is 3. The molecule has 0 aliphatic rings. The first kappa shape index (κ1) is 19.8. The van der Waals surface area contributed by atoms with Crippen LogP contribution in [0, 0.1) is 0 Å². The summed E-state index contributed by atoms with van der Waals surface area (Å²) >= 11 is 0. The maximum absolute atomic E-state index is 12.6. The van der Waals surface area contributed by atoms with Gasteiger partial charge in [-0.05, 0) is 36.4 Å². The number of anilines is 1.